The zero-order valence-electron chi connectivity index (χ0n) is 8.38. The summed E-state index contributed by atoms with van der Waals surface area (Å²) in [4.78, 5) is 10.7. The van der Waals surface area contributed by atoms with E-state index in [0.717, 1.165) is 6.08 Å². The zero-order valence-corrected chi connectivity index (χ0v) is 8.38. The SMILES string of the molecule is C=CC(=O)OC(C)CC1OC(F)(F)C1(F)F. The lowest BCUT2D eigenvalue weighted by Crippen LogP contribution is -2.65. The molecule has 0 radical (unpaired) electrons. The summed E-state index contributed by atoms with van der Waals surface area (Å²) in [5, 5.41) is 0. The van der Waals surface area contributed by atoms with Crippen molar-refractivity contribution in [1.29, 1.82) is 0 Å². The Morgan fingerprint density at radius 3 is 2.50 bits per heavy atom. The van der Waals surface area contributed by atoms with Crippen molar-refractivity contribution in [2.24, 2.45) is 0 Å². The van der Waals surface area contributed by atoms with Gasteiger partial charge in [0.15, 0.2) is 0 Å². The molecule has 0 aromatic carbocycles. The van der Waals surface area contributed by atoms with Crippen LogP contribution in [0.2, 0.25) is 0 Å². The lowest BCUT2D eigenvalue weighted by Gasteiger charge is -2.43. The van der Waals surface area contributed by atoms with E-state index < -0.39 is 36.6 Å². The van der Waals surface area contributed by atoms with Crippen LogP contribution in [-0.2, 0) is 14.3 Å². The van der Waals surface area contributed by atoms with Gasteiger partial charge in [-0.2, -0.15) is 17.6 Å². The highest BCUT2D eigenvalue weighted by molar-refractivity contribution is 5.81. The first-order valence-corrected chi connectivity index (χ1v) is 4.47. The Kier molecular flexibility index (Phi) is 3.27. The van der Waals surface area contributed by atoms with Crippen LogP contribution in [0.1, 0.15) is 13.3 Å². The molecule has 1 rings (SSSR count). The second kappa shape index (κ2) is 4.04. The predicted octanol–water partition coefficient (Wildman–Crippen LogP) is 2.12. The van der Waals surface area contributed by atoms with Gasteiger partial charge in [-0.05, 0) is 6.92 Å². The molecule has 0 aromatic heterocycles. The normalized spacial score (nSPS) is 27.7. The number of carbonyl (C=O) groups excluding carboxylic acids is 1. The molecule has 0 bridgehead atoms. The van der Waals surface area contributed by atoms with E-state index in [9.17, 15) is 22.4 Å². The van der Waals surface area contributed by atoms with Crippen molar-refractivity contribution in [3.05, 3.63) is 12.7 Å². The van der Waals surface area contributed by atoms with Gasteiger partial charge >= 0.3 is 18.0 Å². The van der Waals surface area contributed by atoms with E-state index in [1.54, 1.807) is 0 Å². The number of esters is 1. The summed E-state index contributed by atoms with van der Waals surface area (Å²) >= 11 is 0. The van der Waals surface area contributed by atoms with E-state index in [4.69, 9.17) is 0 Å². The molecule has 92 valence electrons. The van der Waals surface area contributed by atoms with Crippen LogP contribution < -0.4 is 0 Å². The summed E-state index contributed by atoms with van der Waals surface area (Å²) in [6.07, 6.45) is -6.96. The predicted molar refractivity (Wildman–Crippen MR) is 45.1 cm³/mol. The number of hydrogen-bond acceptors (Lipinski definition) is 3. The minimum absolute atomic E-state index is 0.498. The van der Waals surface area contributed by atoms with Crippen molar-refractivity contribution in [3.63, 3.8) is 0 Å². The number of halogens is 4. The standard InChI is InChI=1S/C9H10F4O3/c1-3-7(14)15-5(2)4-6-8(10,11)9(12,13)16-6/h3,5-6H,1,4H2,2H3. The van der Waals surface area contributed by atoms with E-state index in [1.165, 1.54) is 6.92 Å². The monoisotopic (exact) mass is 242 g/mol. The smallest absolute Gasteiger partial charge is 0.422 e. The second-order valence-electron chi connectivity index (χ2n) is 3.43. The van der Waals surface area contributed by atoms with Crippen LogP contribution in [0.15, 0.2) is 12.7 Å². The van der Waals surface area contributed by atoms with Crippen molar-refractivity contribution >= 4 is 5.97 Å². The average molecular weight is 242 g/mol. The quantitative estimate of drug-likeness (QED) is 0.430. The largest absolute Gasteiger partial charge is 0.459 e. The van der Waals surface area contributed by atoms with Gasteiger partial charge < -0.3 is 9.47 Å². The van der Waals surface area contributed by atoms with Gasteiger partial charge in [0.25, 0.3) is 0 Å². The van der Waals surface area contributed by atoms with Crippen LogP contribution in [0.25, 0.3) is 0 Å². The van der Waals surface area contributed by atoms with E-state index in [-0.39, 0.29) is 0 Å². The fraction of sp³-hybridized carbons (Fsp3) is 0.667. The lowest BCUT2D eigenvalue weighted by molar-refractivity contribution is -0.478. The first-order chi connectivity index (χ1) is 7.20. The van der Waals surface area contributed by atoms with Gasteiger partial charge in [-0.15, -0.1) is 0 Å². The molecule has 2 unspecified atom stereocenters. The zero-order chi connectivity index (χ0) is 12.6. The van der Waals surface area contributed by atoms with E-state index in [2.05, 4.69) is 16.1 Å². The highest BCUT2D eigenvalue weighted by atomic mass is 19.3. The molecule has 0 N–H and O–H groups in total. The van der Waals surface area contributed by atoms with Gasteiger partial charge in [-0.3, -0.25) is 0 Å². The lowest BCUT2D eigenvalue weighted by atomic mass is 10.00. The molecule has 0 aromatic rings. The molecule has 1 heterocycles. The molecule has 2 atom stereocenters. The number of hydrogen-bond donors (Lipinski definition) is 0. The molecule has 7 heteroatoms. The summed E-state index contributed by atoms with van der Waals surface area (Å²) in [7, 11) is 0. The van der Waals surface area contributed by atoms with Crippen LogP contribution in [0.4, 0.5) is 17.6 Å². The fourth-order valence-corrected chi connectivity index (χ4v) is 1.25. The maximum Gasteiger partial charge on any atom is 0.422 e. The first-order valence-electron chi connectivity index (χ1n) is 4.47. The summed E-state index contributed by atoms with van der Waals surface area (Å²) in [6, 6.07) is 0. The van der Waals surface area contributed by atoms with Gasteiger partial charge in [0.2, 0.25) is 0 Å². The van der Waals surface area contributed by atoms with E-state index in [0.29, 0.717) is 0 Å². The Balaban J connectivity index is 2.46. The van der Waals surface area contributed by atoms with Crippen molar-refractivity contribution in [2.45, 2.75) is 37.6 Å². The van der Waals surface area contributed by atoms with Crippen LogP contribution in [0.5, 0.6) is 0 Å². The number of alkyl halides is 4. The molecule has 0 amide bonds. The molecule has 3 nitrogen and oxygen atoms in total. The van der Waals surface area contributed by atoms with Crippen molar-refractivity contribution in [3.8, 4) is 0 Å². The van der Waals surface area contributed by atoms with Gasteiger partial charge in [-0.25, -0.2) is 4.79 Å². The van der Waals surface area contributed by atoms with Crippen molar-refractivity contribution in [2.75, 3.05) is 0 Å². The van der Waals surface area contributed by atoms with Crippen LogP contribution >= 0.6 is 0 Å². The molecule has 1 aliphatic heterocycles. The molecule has 16 heavy (non-hydrogen) atoms. The average Bonchev–Trinajstić information content (AvgIpc) is 2.16. The van der Waals surface area contributed by atoms with Crippen molar-refractivity contribution < 1.29 is 31.8 Å². The molecule has 1 fully saturated rings. The number of carbonyl (C=O) groups is 1. The topological polar surface area (TPSA) is 35.5 Å². The summed E-state index contributed by atoms with van der Waals surface area (Å²) < 4.78 is 58.2. The molecule has 0 saturated carbocycles. The fourth-order valence-electron chi connectivity index (χ4n) is 1.25. The highest BCUT2D eigenvalue weighted by Crippen LogP contribution is 2.51. The molecule has 1 saturated heterocycles. The van der Waals surface area contributed by atoms with Crippen LogP contribution in [0, 0.1) is 0 Å². The number of rotatable bonds is 4. The third-order valence-electron chi connectivity index (χ3n) is 2.11. The summed E-state index contributed by atoms with van der Waals surface area (Å²) in [5.41, 5.74) is 0. The molecular weight excluding hydrogens is 232 g/mol. The van der Waals surface area contributed by atoms with E-state index >= 15 is 0 Å². The maximum absolute atomic E-state index is 12.7. The Morgan fingerprint density at radius 1 is 1.56 bits per heavy atom. The first kappa shape index (κ1) is 13.0. The third-order valence-corrected chi connectivity index (χ3v) is 2.11. The van der Waals surface area contributed by atoms with Gasteiger partial charge in [-0.1, -0.05) is 6.58 Å². The molecule has 0 aliphatic carbocycles. The second-order valence-corrected chi connectivity index (χ2v) is 3.43. The van der Waals surface area contributed by atoms with Crippen molar-refractivity contribution in [1.82, 2.24) is 0 Å². The third kappa shape index (κ3) is 2.18. The number of ether oxygens (including phenoxy) is 2. The molecular formula is C9H10F4O3. The highest BCUT2D eigenvalue weighted by Gasteiger charge is 2.74. The Labute approximate surface area is 89.0 Å². The Morgan fingerprint density at radius 2 is 2.12 bits per heavy atom. The summed E-state index contributed by atoms with van der Waals surface area (Å²) in [6.45, 7) is 4.41. The van der Waals surface area contributed by atoms with Gasteiger partial charge in [0.05, 0.1) is 0 Å². The van der Waals surface area contributed by atoms with Crippen LogP contribution in [-0.4, -0.2) is 30.2 Å². The minimum atomic E-state index is -4.43. The Hall–Kier alpha value is -1.11. The minimum Gasteiger partial charge on any atom is -0.459 e. The summed E-state index contributed by atoms with van der Waals surface area (Å²) in [5.74, 6) is -5.02. The maximum atomic E-state index is 12.7. The van der Waals surface area contributed by atoms with Gasteiger partial charge in [0.1, 0.15) is 12.2 Å². The molecule has 1 aliphatic rings. The van der Waals surface area contributed by atoms with Crippen LogP contribution in [0.3, 0.4) is 0 Å². The Bertz CT molecular complexity index is 303. The van der Waals surface area contributed by atoms with Gasteiger partial charge in [0, 0.05) is 12.5 Å². The van der Waals surface area contributed by atoms with E-state index in [1.807, 2.05) is 0 Å². The molecule has 0 spiro atoms.